The number of carbonyl (C=O) groups excluding carboxylic acids is 1. The standard InChI is InChI=1S/C19H15FN2O4/c1-24-13-7-9-15(10-8-13)26-19-21-12-16(20)17(22-19)11-18(23)25-14-5-3-2-4-6-14/h2-10,12H,11H2,1H3. The molecule has 0 aliphatic rings. The Labute approximate surface area is 149 Å². The van der Waals surface area contributed by atoms with Crippen LogP contribution in [0.4, 0.5) is 4.39 Å². The minimum absolute atomic E-state index is 0.0703. The lowest BCUT2D eigenvalue weighted by molar-refractivity contribution is -0.133. The van der Waals surface area contributed by atoms with Gasteiger partial charge in [0.15, 0.2) is 5.82 Å². The zero-order valence-electron chi connectivity index (χ0n) is 13.9. The molecule has 0 aliphatic heterocycles. The van der Waals surface area contributed by atoms with E-state index in [-0.39, 0.29) is 18.1 Å². The molecular formula is C19H15FN2O4. The number of hydrogen-bond donors (Lipinski definition) is 0. The van der Waals surface area contributed by atoms with E-state index in [0.29, 0.717) is 17.2 Å². The highest BCUT2D eigenvalue weighted by atomic mass is 19.1. The van der Waals surface area contributed by atoms with E-state index in [2.05, 4.69) is 9.97 Å². The van der Waals surface area contributed by atoms with Crippen LogP contribution >= 0.6 is 0 Å². The molecule has 1 aromatic heterocycles. The van der Waals surface area contributed by atoms with E-state index in [1.54, 1.807) is 61.7 Å². The molecule has 0 unspecified atom stereocenters. The highest BCUT2D eigenvalue weighted by Gasteiger charge is 2.14. The van der Waals surface area contributed by atoms with Crippen molar-refractivity contribution < 1.29 is 23.4 Å². The van der Waals surface area contributed by atoms with Crippen molar-refractivity contribution in [2.75, 3.05) is 7.11 Å². The second kappa shape index (κ2) is 8.06. The normalized spacial score (nSPS) is 10.2. The van der Waals surface area contributed by atoms with E-state index in [1.165, 1.54) is 0 Å². The Bertz CT molecular complexity index is 886. The molecule has 0 spiro atoms. The molecule has 0 N–H and O–H groups in total. The van der Waals surface area contributed by atoms with Gasteiger partial charge in [0.05, 0.1) is 25.4 Å². The Balaban J connectivity index is 1.69. The van der Waals surface area contributed by atoms with E-state index >= 15 is 0 Å². The third-order valence-electron chi connectivity index (χ3n) is 3.35. The zero-order chi connectivity index (χ0) is 18.4. The lowest BCUT2D eigenvalue weighted by Gasteiger charge is -2.07. The van der Waals surface area contributed by atoms with Crippen molar-refractivity contribution in [3.63, 3.8) is 0 Å². The van der Waals surface area contributed by atoms with Gasteiger partial charge in [-0.1, -0.05) is 18.2 Å². The van der Waals surface area contributed by atoms with Crippen LogP contribution in [-0.2, 0) is 11.2 Å². The summed E-state index contributed by atoms with van der Waals surface area (Å²) >= 11 is 0. The minimum Gasteiger partial charge on any atom is -0.497 e. The molecule has 132 valence electrons. The number of hydrogen-bond acceptors (Lipinski definition) is 6. The summed E-state index contributed by atoms with van der Waals surface area (Å²) in [5.74, 6) is 0.153. The van der Waals surface area contributed by atoms with Crippen molar-refractivity contribution in [1.29, 1.82) is 0 Å². The average molecular weight is 354 g/mol. The Kier molecular flexibility index (Phi) is 5.38. The topological polar surface area (TPSA) is 70.5 Å². The number of para-hydroxylation sites is 1. The van der Waals surface area contributed by atoms with Crippen molar-refractivity contribution in [3.8, 4) is 23.3 Å². The maximum absolute atomic E-state index is 13.9. The molecule has 0 saturated carbocycles. The predicted octanol–water partition coefficient (Wildman–Crippen LogP) is 3.56. The highest BCUT2D eigenvalue weighted by molar-refractivity contribution is 5.74. The number of aromatic nitrogens is 2. The van der Waals surface area contributed by atoms with Crippen molar-refractivity contribution in [2.45, 2.75) is 6.42 Å². The molecule has 26 heavy (non-hydrogen) atoms. The maximum Gasteiger partial charge on any atom is 0.322 e. The van der Waals surface area contributed by atoms with E-state index in [0.717, 1.165) is 6.20 Å². The van der Waals surface area contributed by atoms with Crippen LogP contribution in [0.3, 0.4) is 0 Å². The molecule has 2 aromatic carbocycles. The first-order valence-electron chi connectivity index (χ1n) is 7.73. The van der Waals surface area contributed by atoms with Crippen LogP contribution in [0.5, 0.6) is 23.3 Å². The second-order valence-corrected chi connectivity index (χ2v) is 5.19. The van der Waals surface area contributed by atoms with E-state index in [1.807, 2.05) is 0 Å². The maximum atomic E-state index is 13.9. The summed E-state index contributed by atoms with van der Waals surface area (Å²) in [6.07, 6.45) is 0.610. The van der Waals surface area contributed by atoms with E-state index in [4.69, 9.17) is 14.2 Å². The van der Waals surface area contributed by atoms with Crippen LogP contribution in [0.15, 0.2) is 60.8 Å². The number of nitrogens with zero attached hydrogens (tertiary/aromatic N) is 2. The van der Waals surface area contributed by atoms with Gasteiger partial charge in [-0.15, -0.1) is 0 Å². The first-order valence-corrected chi connectivity index (χ1v) is 7.73. The van der Waals surface area contributed by atoms with Crippen LogP contribution in [-0.4, -0.2) is 23.0 Å². The Morgan fingerprint density at radius 3 is 2.38 bits per heavy atom. The van der Waals surface area contributed by atoms with Crippen LogP contribution < -0.4 is 14.2 Å². The molecule has 0 aliphatic carbocycles. The van der Waals surface area contributed by atoms with Gasteiger partial charge in [0.1, 0.15) is 17.2 Å². The van der Waals surface area contributed by atoms with Gasteiger partial charge in [0, 0.05) is 0 Å². The molecule has 0 bridgehead atoms. The number of carbonyl (C=O) groups is 1. The third-order valence-corrected chi connectivity index (χ3v) is 3.35. The number of halogens is 1. The van der Waals surface area contributed by atoms with Gasteiger partial charge in [0.2, 0.25) is 0 Å². The molecule has 0 amide bonds. The lowest BCUT2D eigenvalue weighted by atomic mass is 10.3. The molecule has 0 saturated heterocycles. The Morgan fingerprint density at radius 2 is 1.69 bits per heavy atom. The number of methoxy groups -OCH3 is 1. The van der Waals surface area contributed by atoms with E-state index in [9.17, 15) is 9.18 Å². The molecule has 6 nitrogen and oxygen atoms in total. The van der Waals surface area contributed by atoms with Gasteiger partial charge >= 0.3 is 12.0 Å². The van der Waals surface area contributed by atoms with Crippen molar-refractivity contribution in [2.24, 2.45) is 0 Å². The summed E-state index contributed by atoms with van der Waals surface area (Å²) < 4.78 is 29.6. The molecule has 0 atom stereocenters. The smallest absolute Gasteiger partial charge is 0.322 e. The van der Waals surface area contributed by atoms with Crippen molar-refractivity contribution in [3.05, 3.63) is 72.3 Å². The average Bonchev–Trinajstić information content (AvgIpc) is 2.66. The second-order valence-electron chi connectivity index (χ2n) is 5.19. The first kappa shape index (κ1) is 17.3. The Hall–Kier alpha value is -3.48. The van der Waals surface area contributed by atoms with E-state index < -0.39 is 11.8 Å². The molecule has 7 heteroatoms. The van der Waals surface area contributed by atoms with Gasteiger partial charge in [-0.25, -0.2) is 9.37 Å². The van der Waals surface area contributed by atoms with Crippen LogP contribution in [0.1, 0.15) is 5.69 Å². The molecule has 1 heterocycles. The SMILES string of the molecule is COc1ccc(Oc2ncc(F)c(CC(=O)Oc3ccccc3)n2)cc1. The van der Waals surface area contributed by atoms with Gasteiger partial charge in [0.25, 0.3) is 0 Å². The summed E-state index contributed by atoms with van der Waals surface area (Å²) in [7, 11) is 1.56. The van der Waals surface area contributed by atoms with Crippen LogP contribution in [0.2, 0.25) is 0 Å². The first-order chi connectivity index (χ1) is 12.6. The quantitative estimate of drug-likeness (QED) is 0.498. The number of ether oxygens (including phenoxy) is 3. The third kappa shape index (κ3) is 4.54. The summed E-state index contributed by atoms with van der Waals surface area (Å²) in [6, 6.07) is 15.2. The largest absolute Gasteiger partial charge is 0.497 e. The fraction of sp³-hybridized carbons (Fsp3) is 0.105. The van der Waals surface area contributed by atoms with Crippen molar-refractivity contribution in [1.82, 2.24) is 9.97 Å². The number of esters is 1. The zero-order valence-corrected chi connectivity index (χ0v) is 13.9. The fourth-order valence-electron chi connectivity index (χ4n) is 2.10. The molecule has 0 radical (unpaired) electrons. The van der Waals surface area contributed by atoms with Crippen LogP contribution in [0, 0.1) is 5.82 Å². The lowest BCUT2D eigenvalue weighted by Crippen LogP contribution is -2.14. The fourth-order valence-corrected chi connectivity index (χ4v) is 2.10. The van der Waals surface area contributed by atoms with Crippen molar-refractivity contribution >= 4 is 5.97 Å². The predicted molar refractivity (Wildman–Crippen MR) is 90.8 cm³/mol. The van der Waals surface area contributed by atoms with Gasteiger partial charge in [-0.05, 0) is 36.4 Å². The van der Waals surface area contributed by atoms with Gasteiger partial charge in [-0.2, -0.15) is 4.98 Å². The number of rotatable bonds is 6. The minimum atomic E-state index is -0.711. The molecule has 3 aromatic rings. The Morgan fingerprint density at radius 1 is 1.00 bits per heavy atom. The van der Waals surface area contributed by atoms with Gasteiger partial charge < -0.3 is 14.2 Å². The monoisotopic (exact) mass is 354 g/mol. The molecule has 0 fully saturated rings. The number of benzene rings is 2. The summed E-state index contributed by atoms with van der Waals surface area (Å²) in [5, 5.41) is 0. The van der Waals surface area contributed by atoms with Crippen LogP contribution in [0.25, 0.3) is 0 Å². The molecule has 3 rings (SSSR count). The van der Waals surface area contributed by atoms with Gasteiger partial charge in [-0.3, -0.25) is 4.79 Å². The highest BCUT2D eigenvalue weighted by Crippen LogP contribution is 2.22. The summed E-state index contributed by atoms with van der Waals surface area (Å²) in [5.41, 5.74) is -0.107. The molecular weight excluding hydrogens is 339 g/mol. The summed E-state index contributed by atoms with van der Waals surface area (Å²) in [4.78, 5) is 19.7. The summed E-state index contributed by atoms with van der Waals surface area (Å²) in [6.45, 7) is 0.